The second-order valence-corrected chi connectivity index (χ2v) is 5.13. The van der Waals surface area contributed by atoms with Crippen molar-refractivity contribution in [1.82, 2.24) is 4.98 Å². The van der Waals surface area contributed by atoms with E-state index in [9.17, 15) is 10.4 Å². The van der Waals surface area contributed by atoms with E-state index in [2.05, 4.69) is 22.9 Å². The van der Waals surface area contributed by atoms with Gasteiger partial charge in [0.25, 0.3) is 0 Å². The van der Waals surface area contributed by atoms with Crippen LogP contribution in [0.5, 0.6) is 0 Å². The van der Waals surface area contributed by atoms with E-state index < -0.39 is 0 Å². The summed E-state index contributed by atoms with van der Waals surface area (Å²) in [5, 5.41) is 19.2. The van der Waals surface area contributed by atoms with Gasteiger partial charge in [0, 0.05) is 18.8 Å². The molecule has 0 aliphatic carbocycles. The van der Waals surface area contributed by atoms with E-state index in [0.29, 0.717) is 18.0 Å². The molecule has 1 fully saturated rings. The van der Waals surface area contributed by atoms with Gasteiger partial charge in [-0.15, -0.1) is 0 Å². The molecule has 0 radical (unpaired) electrons. The maximum absolute atomic E-state index is 9.97. The van der Waals surface area contributed by atoms with Crippen LogP contribution in [0.15, 0.2) is 6.07 Å². The number of nitrogens with zero attached hydrogens (tertiary/aromatic N) is 3. The van der Waals surface area contributed by atoms with Gasteiger partial charge in [-0.3, -0.25) is 4.98 Å². The van der Waals surface area contributed by atoms with Crippen molar-refractivity contribution in [2.75, 3.05) is 18.0 Å². The number of aliphatic hydroxyl groups excluding tert-OH is 1. The van der Waals surface area contributed by atoms with Gasteiger partial charge < -0.3 is 10.0 Å². The number of anilines is 1. The van der Waals surface area contributed by atoms with Crippen LogP contribution in [0.25, 0.3) is 0 Å². The average molecular weight is 245 g/mol. The fourth-order valence-electron chi connectivity index (χ4n) is 2.46. The number of rotatable bonds is 1. The van der Waals surface area contributed by atoms with Crippen LogP contribution < -0.4 is 4.90 Å². The van der Waals surface area contributed by atoms with Gasteiger partial charge in [0.1, 0.15) is 6.07 Å². The summed E-state index contributed by atoms with van der Waals surface area (Å²) in [6.07, 6.45) is 0.631. The number of aromatic nitrogens is 1. The Balaban J connectivity index is 2.36. The van der Waals surface area contributed by atoms with Gasteiger partial charge in [-0.1, -0.05) is 6.92 Å². The van der Waals surface area contributed by atoms with Crippen molar-refractivity contribution in [3.63, 3.8) is 0 Å². The SMILES string of the molecule is Cc1cc(N2CCC(C)C(O)C2)c(C#N)c(C)n1. The number of piperidine rings is 1. The Labute approximate surface area is 108 Å². The van der Waals surface area contributed by atoms with Gasteiger partial charge in [0.15, 0.2) is 0 Å². The third kappa shape index (κ3) is 2.32. The van der Waals surface area contributed by atoms with Crippen LogP contribution in [0.2, 0.25) is 0 Å². The Hall–Kier alpha value is -1.60. The average Bonchev–Trinajstić information content (AvgIpc) is 2.32. The first-order valence-corrected chi connectivity index (χ1v) is 6.34. The highest BCUT2D eigenvalue weighted by Gasteiger charge is 2.26. The summed E-state index contributed by atoms with van der Waals surface area (Å²) in [4.78, 5) is 6.42. The standard InChI is InChI=1S/C14H19N3O/c1-9-4-5-17(8-14(9)18)13-6-10(2)16-11(3)12(13)7-15/h6,9,14,18H,4-5,8H2,1-3H3. The summed E-state index contributed by atoms with van der Waals surface area (Å²) in [6, 6.07) is 4.17. The quantitative estimate of drug-likeness (QED) is 0.819. The largest absolute Gasteiger partial charge is 0.391 e. The lowest BCUT2D eigenvalue weighted by atomic mass is 9.95. The number of hydrogen-bond acceptors (Lipinski definition) is 4. The van der Waals surface area contributed by atoms with Crippen LogP contribution in [-0.4, -0.2) is 29.3 Å². The predicted octanol–water partition coefficient (Wildman–Crippen LogP) is 1.78. The Kier molecular flexibility index (Phi) is 3.53. The van der Waals surface area contributed by atoms with E-state index in [-0.39, 0.29) is 6.10 Å². The summed E-state index contributed by atoms with van der Waals surface area (Å²) < 4.78 is 0. The van der Waals surface area contributed by atoms with Crippen LogP contribution in [0.4, 0.5) is 5.69 Å². The molecule has 2 heterocycles. The molecule has 0 bridgehead atoms. The number of hydrogen-bond donors (Lipinski definition) is 1. The van der Waals surface area contributed by atoms with Crippen LogP contribution in [0.3, 0.4) is 0 Å². The number of nitriles is 1. The Morgan fingerprint density at radius 1 is 1.50 bits per heavy atom. The minimum atomic E-state index is -0.320. The zero-order valence-corrected chi connectivity index (χ0v) is 11.1. The third-order valence-electron chi connectivity index (χ3n) is 3.68. The fraction of sp³-hybridized carbons (Fsp3) is 0.571. The summed E-state index contributed by atoms with van der Waals surface area (Å²) in [5.74, 6) is 0.329. The maximum atomic E-state index is 9.97. The van der Waals surface area contributed by atoms with Crippen molar-refractivity contribution in [3.8, 4) is 6.07 Å². The smallest absolute Gasteiger partial charge is 0.103 e. The van der Waals surface area contributed by atoms with Crippen molar-refractivity contribution < 1.29 is 5.11 Å². The Bertz CT molecular complexity index is 493. The van der Waals surface area contributed by atoms with Gasteiger partial charge >= 0.3 is 0 Å². The predicted molar refractivity (Wildman–Crippen MR) is 70.4 cm³/mol. The Morgan fingerprint density at radius 3 is 2.83 bits per heavy atom. The second kappa shape index (κ2) is 4.95. The summed E-state index contributed by atoms with van der Waals surface area (Å²) in [6.45, 7) is 7.34. The molecule has 18 heavy (non-hydrogen) atoms. The molecule has 4 nitrogen and oxygen atoms in total. The molecule has 0 spiro atoms. The molecule has 2 unspecified atom stereocenters. The first kappa shape index (κ1) is 12.8. The van der Waals surface area contributed by atoms with E-state index in [0.717, 1.165) is 30.0 Å². The maximum Gasteiger partial charge on any atom is 0.103 e. The molecule has 0 aromatic carbocycles. The van der Waals surface area contributed by atoms with Gasteiger partial charge in [0.2, 0.25) is 0 Å². The molecule has 2 rings (SSSR count). The summed E-state index contributed by atoms with van der Waals surface area (Å²) in [5.41, 5.74) is 3.21. The molecular formula is C14H19N3O. The topological polar surface area (TPSA) is 60.1 Å². The molecule has 1 N–H and O–H groups in total. The van der Waals surface area contributed by atoms with E-state index >= 15 is 0 Å². The normalized spacial score (nSPS) is 23.8. The van der Waals surface area contributed by atoms with Gasteiger partial charge in [-0.25, -0.2) is 0 Å². The van der Waals surface area contributed by atoms with Crippen molar-refractivity contribution in [3.05, 3.63) is 23.0 Å². The van der Waals surface area contributed by atoms with Crippen molar-refractivity contribution in [1.29, 1.82) is 5.26 Å². The fourth-order valence-corrected chi connectivity index (χ4v) is 2.46. The van der Waals surface area contributed by atoms with E-state index in [1.807, 2.05) is 19.9 Å². The molecule has 2 atom stereocenters. The second-order valence-electron chi connectivity index (χ2n) is 5.13. The van der Waals surface area contributed by atoms with E-state index in [1.165, 1.54) is 0 Å². The number of aryl methyl sites for hydroxylation is 2. The van der Waals surface area contributed by atoms with Gasteiger partial charge in [-0.2, -0.15) is 5.26 Å². The lowest BCUT2D eigenvalue weighted by molar-refractivity contribution is 0.103. The highest BCUT2D eigenvalue weighted by Crippen LogP contribution is 2.28. The van der Waals surface area contributed by atoms with Gasteiger partial charge in [0.05, 0.1) is 23.0 Å². The van der Waals surface area contributed by atoms with E-state index in [4.69, 9.17) is 0 Å². The van der Waals surface area contributed by atoms with Crippen molar-refractivity contribution in [2.24, 2.45) is 5.92 Å². The molecular weight excluding hydrogens is 226 g/mol. The van der Waals surface area contributed by atoms with Gasteiger partial charge in [-0.05, 0) is 32.3 Å². The zero-order valence-electron chi connectivity index (χ0n) is 11.1. The van der Waals surface area contributed by atoms with E-state index in [1.54, 1.807) is 0 Å². The highest BCUT2D eigenvalue weighted by molar-refractivity contribution is 5.62. The third-order valence-corrected chi connectivity index (χ3v) is 3.68. The van der Waals surface area contributed by atoms with Crippen LogP contribution in [0.1, 0.15) is 30.3 Å². The van der Waals surface area contributed by atoms with Crippen LogP contribution in [0, 0.1) is 31.1 Å². The van der Waals surface area contributed by atoms with Crippen LogP contribution >= 0.6 is 0 Å². The monoisotopic (exact) mass is 245 g/mol. The molecule has 0 amide bonds. The first-order chi connectivity index (χ1) is 8.52. The molecule has 1 saturated heterocycles. The minimum Gasteiger partial charge on any atom is -0.391 e. The van der Waals surface area contributed by atoms with Crippen LogP contribution in [-0.2, 0) is 0 Å². The van der Waals surface area contributed by atoms with Crippen molar-refractivity contribution in [2.45, 2.75) is 33.3 Å². The lowest BCUT2D eigenvalue weighted by Gasteiger charge is -2.36. The highest BCUT2D eigenvalue weighted by atomic mass is 16.3. The Morgan fingerprint density at radius 2 is 2.22 bits per heavy atom. The summed E-state index contributed by atoms with van der Waals surface area (Å²) >= 11 is 0. The minimum absolute atomic E-state index is 0.320. The molecule has 0 saturated carbocycles. The zero-order chi connectivity index (χ0) is 13.3. The molecule has 96 valence electrons. The molecule has 1 aromatic rings. The summed E-state index contributed by atoms with van der Waals surface area (Å²) in [7, 11) is 0. The van der Waals surface area contributed by atoms with Crippen molar-refractivity contribution >= 4 is 5.69 Å². The molecule has 1 aliphatic rings. The molecule has 1 aliphatic heterocycles. The number of aliphatic hydroxyl groups is 1. The lowest BCUT2D eigenvalue weighted by Crippen LogP contribution is -2.43. The number of β-amino-alcohol motifs (C(OH)–C–C–N with tert-alkyl or cyclic N) is 1. The molecule has 1 aromatic heterocycles. The first-order valence-electron chi connectivity index (χ1n) is 6.34. The number of pyridine rings is 1. The molecule has 4 heteroatoms.